The lowest BCUT2D eigenvalue weighted by Crippen LogP contribution is -2.56. The van der Waals surface area contributed by atoms with E-state index in [1.54, 1.807) is 20.8 Å². The van der Waals surface area contributed by atoms with Crippen LogP contribution in [0, 0.1) is 0 Å². The number of nitrogens with one attached hydrogen (secondary N) is 1. The molecule has 0 heterocycles. The first kappa shape index (κ1) is 29.3. The zero-order valence-electron chi connectivity index (χ0n) is 21.9. The molecular weight excluding hydrogens is 472 g/mol. The average molecular weight is 509 g/mol. The quantitative estimate of drug-likeness (QED) is 0.337. The highest BCUT2D eigenvalue weighted by Gasteiger charge is 2.37. The number of carbonyl (C=O) groups excluding carboxylic acids is 3. The molecule has 198 valence electrons. The summed E-state index contributed by atoms with van der Waals surface area (Å²) in [5.41, 5.74) is 1.16. The minimum absolute atomic E-state index is 0.0531. The van der Waals surface area contributed by atoms with Gasteiger partial charge in [0.15, 0.2) is 6.04 Å². The Bertz CT molecular complexity index is 1060. The zero-order valence-corrected chi connectivity index (χ0v) is 21.9. The van der Waals surface area contributed by atoms with Crippen LogP contribution in [0.4, 0.5) is 4.79 Å². The van der Waals surface area contributed by atoms with E-state index in [1.165, 1.54) is 18.1 Å². The molecule has 0 radical (unpaired) electrons. The molecule has 0 aromatic heterocycles. The Morgan fingerprint density at radius 1 is 1.00 bits per heavy atom. The summed E-state index contributed by atoms with van der Waals surface area (Å²) < 4.78 is 16.2. The highest BCUT2D eigenvalue weighted by atomic mass is 16.6. The lowest BCUT2D eigenvalue weighted by Gasteiger charge is -2.34. The summed E-state index contributed by atoms with van der Waals surface area (Å²) in [5, 5.41) is 2.61. The van der Waals surface area contributed by atoms with E-state index < -0.39 is 35.7 Å². The third-order valence-electron chi connectivity index (χ3n) is 5.21. The fourth-order valence-electron chi connectivity index (χ4n) is 3.47. The van der Waals surface area contributed by atoms with Crippen LogP contribution in [0.1, 0.15) is 31.9 Å². The van der Waals surface area contributed by atoms with Crippen LogP contribution < -0.4 is 5.32 Å². The molecule has 0 fully saturated rings. The number of ether oxygens (including phenoxy) is 3. The van der Waals surface area contributed by atoms with E-state index in [2.05, 4.69) is 18.5 Å². The van der Waals surface area contributed by atoms with E-state index in [-0.39, 0.29) is 25.3 Å². The SMILES string of the molecule is C=CC(=C)C(C(=O)OC)N(Cc1ccccc1)C(=O)C(COCc1ccccc1)NC(=O)OC(C)(C)C. The van der Waals surface area contributed by atoms with E-state index in [1.807, 2.05) is 60.7 Å². The predicted octanol–water partition coefficient (Wildman–Crippen LogP) is 4.41. The van der Waals surface area contributed by atoms with Crippen molar-refractivity contribution < 1.29 is 28.6 Å². The summed E-state index contributed by atoms with van der Waals surface area (Å²) in [5.74, 6) is -1.25. The molecular formula is C29H36N2O6. The van der Waals surface area contributed by atoms with Crippen LogP contribution in [-0.2, 0) is 37.0 Å². The lowest BCUT2D eigenvalue weighted by molar-refractivity contribution is -0.153. The molecule has 0 aliphatic carbocycles. The molecule has 0 bridgehead atoms. The van der Waals surface area contributed by atoms with Crippen LogP contribution in [0.25, 0.3) is 0 Å². The molecule has 2 aromatic rings. The Morgan fingerprint density at radius 3 is 2.08 bits per heavy atom. The summed E-state index contributed by atoms with van der Waals surface area (Å²) >= 11 is 0. The molecule has 2 atom stereocenters. The highest BCUT2D eigenvalue weighted by molar-refractivity contribution is 5.91. The summed E-state index contributed by atoms with van der Waals surface area (Å²) in [7, 11) is 1.23. The largest absolute Gasteiger partial charge is 0.467 e. The third kappa shape index (κ3) is 9.57. The molecule has 2 amide bonds. The first-order valence-corrected chi connectivity index (χ1v) is 11.9. The number of nitrogens with zero attached hydrogens (tertiary/aromatic N) is 1. The lowest BCUT2D eigenvalue weighted by atomic mass is 10.0. The summed E-state index contributed by atoms with van der Waals surface area (Å²) in [4.78, 5) is 40.7. The smallest absolute Gasteiger partial charge is 0.408 e. The van der Waals surface area contributed by atoms with Gasteiger partial charge in [-0.15, -0.1) is 0 Å². The molecule has 2 unspecified atom stereocenters. The monoisotopic (exact) mass is 508 g/mol. The van der Waals surface area contributed by atoms with Crippen LogP contribution >= 0.6 is 0 Å². The van der Waals surface area contributed by atoms with E-state index in [9.17, 15) is 14.4 Å². The maximum absolute atomic E-state index is 14.0. The standard InChI is InChI=1S/C29H36N2O6/c1-7-21(2)25(27(33)35-6)31(18-22-14-10-8-11-15-22)26(32)24(30-28(34)37-29(3,4)5)20-36-19-23-16-12-9-13-17-23/h7-17,24-25H,1-2,18-20H2,3-6H3,(H,30,34). The fraction of sp³-hybridized carbons (Fsp3) is 0.345. The van der Waals surface area contributed by atoms with Crippen molar-refractivity contribution in [3.8, 4) is 0 Å². The van der Waals surface area contributed by atoms with Crippen molar-refractivity contribution in [2.75, 3.05) is 13.7 Å². The molecule has 1 N–H and O–H groups in total. The van der Waals surface area contributed by atoms with Crippen molar-refractivity contribution in [2.24, 2.45) is 0 Å². The second-order valence-electron chi connectivity index (χ2n) is 9.36. The van der Waals surface area contributed by atoms with Gasteiger partial charge in [0.1, 0.15) is 11.6 Å². The Balaban J connectivity index is 2.39. The van der Waals surface area contributed by atoms with Crippen molar-refractivity contribution in [3.63, 3.8) is 0 Å². The number of alkyl carbamates (subject to hydrolysis) is 1. The average Bonchev–Trinajstić information content (AvgIpc) is 2.87. The van der Waals surface area contributed by atoms with Gasteiger partial charge in [0.2, 0.25) is 5.91 Å². The number of methoxy groups -OCH3 is 1. The van der Waals surface area contributed by atoms with Crippen LogP contribution in [0.2, 0.25) is 0 Å². The fourth-order valence-corrected chi connectivity index (χ4v) is 3.47. The summed E-state index contributed by atoms with van der Waals surface area (Å²) in [6.45, 7) is 12.9. The van der Waals surface area contributed by atoms with E-state index in [0.29, 0.717) is 0 Å². The normalized spacial score (nSPS) is 12.5. The van der Waals surface area contributed by atoms with Crippen LogP contribution in [0.3, 0.4) is 0 Å². The minimum atomic E-state index is -1.16. The van der Waals surface area contributed by atoms with Crippen molar-refractivity contribution in [2.45, 2.75) is 51.6 Å². The summed E-state index contributed by atoms with van der Waals surface area (Å²) in [6, 6.07) is 16.3. The second-order valence-corrected chi connectivity index (χ2v) is 9.36. The number of rotatable bonds is 12. The van der Waals surface area contributed by atoms with Gasteiger partial charge in [0, 0.05) is 6.54 Å². The Hall–Kier alpha value is -3.91. The van der Waals surface area contributed by atoms with Gasteiger partial charge in [-0.1, -0.05) is 79.9 Å². The first-order valence-electron chi connectivity index (χ1n) is 11.9. The molecule has 37 heavy (non-hydrogen) atoms. The van der Waals surface area contributed by atoms with Gasteiger partial charge in [0.05, 0.1) is 20.3 Å². The molecule has 0 spiro atoms. The molecule has 0 saturated carbocycles. The van der Waals surface area contributed by atoms with Crippen molar-refractivity contribution in [1.29, 1.82) is 0 Å². The summed E-state index contributed by atoms with van der Waals surface area (Å²) in [6.07, 6.45) is 0.612. The van der Waals surface area contributed by atoms with Gasteiger partial charge in [-0.2, -0.15) is 0 Å². The molecule has 2 rings (SSSR count). The van der Waals surface area contributed by atoms with Crippen molar-refractivity contribution >= 4 is 18.0 Å². The van der Waals surface area contributed by atoms with Gasteiger partial charge >= 0.3 is 12.1 Å². The second kappa shape index (κ2) is 14.0. The Labute approximate surface area is 218 Å². The topological polar surface area (TPSA) is 94.2 Å². The zero-order chi connectivity index (χ0) is 27.4. The Morgan fingerprint density at radius 2 is 1.57 bits per heavy atom. The number of hydrogen-bond acceptors (Lipinski definition) is 6. The predicted molar refractivity (Wildman–Crippen MR) is 141 cm³/mol. The number of hydrogen-bond donors (Lipinski definition) is 1. The van der Waals surface area contributed by atoms with Crippen molar-refractivity contribution in [1.82, 2.24) is 10.2 Å². The van der Waals surface area contributed by atoms with Crippen LogP contribution in [0.15, 0.2) is 85.5 Å². The number of esters is 1. The van der Waals surface area contributed by atoms with Crippen LogP contribution in [0.5, 0.6) is 0 Å². The third-order valence-corrected chi connectivity index (χ3v) is 5.21. The van der Waals surface area contributed by atoms with Gasteiger partial charge in [-0.25, -0.2) is 9.59 Å². The van der Waals surface area contributed by atoms with E-state index in [0.717, 1.165) is 11.1 Å². The van der Waals surface area contributed by atoms with Gasteiger partial charge in [0.25, 0.3) is 0 Å². The number of amides is 2. The molecule has 8 nitrogen and oxygen atoms in total. The number of carbonyl (C=O) groups is 3. The van der Waals surface area contributed by atoms with Crippen LogP contribution in [-0.4, -0.2) is 54.3 Å². The molecule has 0 saturated heterocycles. The molecule has 0 aliphatic heterocycles. The van der Waals surface area contributed by atoms with E-state index >= 15 is 0 Å². The molecule has 2 aromatic carbocycles. The van der Waals surface area contributed by atoms with Gasteiger partial charge in [-0.05, 0) is 37.5 Å². The maximum atomic E-state index is 14.0. The van der Waals surface area contributed by atoms with Crippen molar-refractivity contribution in [3.05, 3.63) is 96.6 Å². The first-order chi connectivity index (χ1) is 17.6. The van der Waals surface area contributed by atoms with Gasteiger partial charge < -0.3 is 24.4 Å². The van der Waals surface area contributed by atoms with Gasteiger partial charge in [-0.3, -0.25) is 4.79 Å². The maximum Gasteiger partial charge on any atom is 0.408 e. The molecule has 8 heteroatoms. The number of benzene rings is 2. The van der Waals surface area contributed by atoms with E-state index in [4.69, 9.17) is 14.2 Å². The highest BCUT2D eigenvalue weighted by Crippen LogP contribution is 2.19. The molecule has 0 aliphatic rings. The Kier molecular flexibility index (Phi) is 11.1. The minimum Gasteiger partial charge on any atom is -0.467 e.